The van der Waals surface area contributed by atoms with Crippen molar-refractivity contribution in [2.75, 3.05) is 12.9 Å². The van der Waals surface area contributed by atoms with E-state index in [4.69, 9.17) is 4.74 Å². The maximum Gasteiger partial charge on any atom is 0.173 e. The zero-order valence-corrected chi connectivity index (χ0v) is 11.2. The SMILES string of the molecule is COc1cccc(C(=O)CSc2ccccc2F)c1. The van der Waals surface area contributed by atoms with Crippen molar-refractivity contribution in [2.45, 2.75) is 4.90 Å². The van der Waals surface area contributed by atoms with E-state index in [1.807, 2.05) is 0 Å². The van der Waals surface area contributed by atoms with Crippen LogP contribution in [0, 0.1) is 5.82 Å². The molecule has 0 atom stereocenters. The minimum Gasteiger partial charge on any atom is -0.497 e. The van der Waals surface area contributed by atoms with Gasteiger partial charge >= 0.3 is 0 Å². The molecule has 2 rings (SSSR count). The molecule has 2 aromatic rings. The van der Waals surface area contributed by atoms with Crippen LogP contribution in [0.25, 0.3) is 0 Å². The molecule has 19 heavy (non-hydrogen) atoms. The zero-order chi connectivity index (χ0) is 13.7. The Kier molecular flexibility index (Phi) is 4.58. The van der Waals surface area contributed by atoms with Crippen molar-refractivity contribution in [1.29, 1.82) is 0 Å². The smallest absolute Gasteiger partial charge is 0.173 e. The summed E-state index contributed by atoms with van der Waals surface area (Å²) < 4.78 is 18.5. The maximum absolute atomic E-state index is 13.4. The molecule has 0 heterocycles. The Morgan fingerprint density at radius 1 is 1.21 bits per heavy atom. The van der Waals surface area contributed by atoms with Crippen LogP contribution in [0.2, 0.25) is 0 Å². The number of thioether (sulfide) groups is 1. The largest absolute Gasteiger partial charge is 0.497 e. The van der Waals surface area contributed by atoms with E-state index in [0.717, 1.165) is 0 Å². The van der Waals surface area contributed by atoms with Gasteiger partial charge < -0.3 is 4.74 Å². The van der Waals surface area contributed by atoms with Crippen molar-refractivity contribution in [2.24, 2.45) is 0 Å². The lowest BCUT2D eigenvalue weighted by Crippen LogP contribution is -2.02. The molecule has 0 aliphatic rings. The van der Waals surface area contributed by atoms with E-state index in [0.29, 0.717) is 16.2 Å². The van der Waals surface area contributed by atoms with Crippen molar-refractivity contribution in [1.82, 2.24) is 0 Å². The highest BCUT2D eigenvalue weighted by Crippen LogP contribution is 2.23. The summed E-state index contributed by atoms with van der Waals surface area (Å²) in [7, 11) is 1.55. The van der Waals surface area contributed by atoms with Crippen molar-refractivity contribution in [3.05, 3.63) is 59.9 Å². The molecule has 0 saturated heterocycles. The van der Waals surface area contributed by atoms with Crippen LogP contribution >= 0.6 is 11.8 Å². The second-order valence-electron chi connectivity index (χ2n) is 3.87. The lowest BCUT2D eigenvalue weighted by atomic mass is 10.1. The van der Waals surface area contributed by atoms with Gasteiger partial charge in [-0.25, -0.2) is 4.39 Å². The Bertz CT molecular complexity index is 584. The van der Waals surface area contributed by atoms with E-state index >= 15 is 0 Å². The summed E-state index contributed by atoms with van der Waals surface area (Å²) in [6, 6.07) is 13.4. The van der Waals surface area contributed by atoms with E-state index < -0.39 is 0 Å². The van der Waals surface area contributed by atoms with Crippen LogP contribution in [0.1, 0.15) is 10.4 Å². The van der Waals surface area contributed by atoms with E-state index in [1.165, 1.54) is 17.8 Å². The Morgan fingerprint density at radius 3 is 2.74 bits per heavy atom. The van der Waals surface area contributed by atoms with Gasteiger partial charge in [0.15, 0.2) is 5.78 Å². The van der Waals surface area contributed by atoms with E-state index in [2.05, 4.69) is 0 Å². The van der Waals surface area contributed by atoms with Gasteiger partial charge in [0.25, 0.3) is 0 Å². The number of methoxy groups -OCH3 is 1. The van der Waals surface area contributed by atoms with E-state index in [1.54, 1.807) is 49.6 Å². The van der Waals surface area contributed by atoms with Crippen LogP contribution in [-0.2, 0) is 0 Å². The predicted octanol–water partition coefficient (Wildman–Crippen LogP) is 3.81. The first-order valence-corrected chi connectivity index (χ1v) is 6.74. The molecule has 0 N–H and O–H groups in total. The van der Waals surface area contributed by atoms with Crippen molar-refractivity contribution < 1.29 is 13.9 Å². The number of Topliss-reactive ketones (excluding diaryl/α,β-unsaturated/α-hetero) is 1. The van der Waals surface area contributed by atoms with Gasteiger partial charge in [-0.1, -0.05) is 24.3 Å². The molecule has 0 radical (unpaired) electrons. The Hall–Kier alpha value is -1.81. The molecule has 2 aromatic carbocycles. The first-order chi connectivity index (χ1) is 9.20. The second-order valence-corrected chi connectivity index (χ2v) is 4.89. The van der Waals surface area contributed by atoms with Gasteiger partial charge in [-0.15, -0.1) is 11.8 Å². The van der Waals surface area contributed by atoms with Gasteiger partial charge in [0.05, 0.1) is 12.9 Å². The quantitative estimate of drug-likeness (QED) is 0.613. The third-order valence-electron chi connectivity index (χ3n) is 2.59. The summed E-state index contributed by atoms with van der Waals surface area (Å²) in [5, 5.41) is 0. The summed E-state index contributed by atoms with van der Waals surface area (Å²) in [4.78, 5) is 12.5. The number of hydrogen-bond donors (Lipinski definition) is 0. The van der Waals surface area contributed by atoms with E-state index in [9.17, 15) is 9.18 Å². The number of carbonyl (C=O) groups is 1. The standard InChI is InChI=1S/C15H13FO2S/c1-18-12-6-4-5-11(9-12)14(17)10-19-15-8-3-2-7-13(15)16/h2-9H,10H2,1H3. The summed E-state index contributed by atoms with van der Waals surface area (Å²) in [6.45, 7) is 0. The molecule has 4 heteroatoms. The molecule has 0 bridgehead atoms. The molecule has 0 aromatic heterocycles. The van der Waals surface area contributed by atoms with Gasteiger partial charge in [-0.3, -0.25) is 4.79 Å². The third-order valence-corrected chi connectivity index (χ3v) is 3.64. The lowest BCUT2D eigenvalue weighted by molar-refractivity contribution is 0.102. The fourth-order valence-electron chi connectivity index (χ4n) is 1.58. The summed E-state index contributed by atoms with van der Waals surface area (Å²) in [6.07, 6.45) is 0. The normalized spacial score (nSPS) is 10.2. The maximum atomic E-state index is 13.4. The number of rotatable bonds is 5. The first-order valence-electron chi connectivity index (χ1n) is 5.75. The van der Waals surface area contributed by atoms with Crippen molar-refractivity contribution in [3.8, 4) is 5.75 Å². The van der Waals surface area contributed by atoms with Crippen LogP contribution in [0.15, 0.2) is 53.4 Å². The number of ether oxygens (including phenoxy) is 1. The number of hydrogen-bond acceptors (Lipinski definition) is 3. The molecule has 0 unspecified atom stereocenters. The van der Waals surface area contributed by atoms with Crippen LogP contribution in [0.4, 0.5) is 4.39 Å². The number of ketones is 1. The molecular weight excluding hydrogens is 263 g/mol. The highest BCUT2D eigenvalue weighted by atomic mass is 32.2. The Balaban J connectivity index is 2.03. The van der Waals surface area contributed by atoms with Gasteiger partial charge in [0.2, 0.25) is 0 Å². The Labute approximate surface area is 115 Å². The monoisotopic (exact) mass is 276 g/mol. The van der Waals surface area contributed by atoms with Crippen LogP contribution in [0.5, 0.6) is 5.75 Å². The Morgan fingerprint density at radius 2 is 2.00 bits per heavy atom. The van der Waals surface area contributed by atoms with Crippen molar-refractivity contribution in [3.63, 3.8) is 0 Å². The van der Waals surface area contributed by atoms with Crippen LogP contribution in [0.3, 0.4) is 0 Å². The minimum absolute atomic E-state index is 0.0489. The average Bonchev–Trinajstić information content (AvgIpc) is 2.46. The van der Waals surface area contributed by atoms with E-state index in [-0.39, 0.29) is 17.4 Å². The van der Waals surface area contributed by atoms with Gasteiger partial charge in [-0.05, 0) is 24.3 Å². The summed E-state index contributed by atoms with van der Waals surface area (Å²) >= 11 is 1.20. The summed E-state index contributed by atoms with van der Waals surface area (Å²) in [5.74, 6) is 0.494. The van der Waals surface area contributed by atoms with Crippen LogP contribution < -0.4 is 4.74 Å². The lowest BCUT2D eigenvalue weighted by Gasteiger charge is -2.04. The molecule has 0 spiro atoms. The van der Waals surface area contributed by atoms with Crippen molar-refractivity contribution >= 4 is 17.5 Å². The molecule has 98 valence electrons. The molecule has 0 fully saturated rings. The number of carbonyl (C=O) groups excluding carboxylic acids is 1. The number of halogens is 1. The molecule has 0 amide bonds. The first kappa shape index (κ1) is 13.6. The third kappa shape index (κ3) is 3.58. The second kappa shape index (κ2) is 6.38. The average molecular weight is 276 g/mol. The highest BCUT2D eigenvalue weighted by molar-refractivity contribution is 8.00. The zero-order valence-electron chi connectivity index (χ0n) is 10.4. The minimum atomic E-state index is -0.300. The number of benzene rings is 2. The fraction of sp³-hybridized carbons (Fsp3) is 0.133. The molecule has 0 saturated carbocycles. The topological polar surface area (TPSA) is 26.3 Å². The fourth-order valence-corrected chi connectivity index (χ4v) is 2.42. The van der Waals surface area contributed by atoms with Gasteiger partial charge in [-0.2, -0.15) is 0 Å². The molecular formula is C15H13FO2S. The van der Waals surface area contributed by atoms with Gasteiger partial charge in [0, 0.05) is 10.5 Å². The summed E-state index contributed by atoms with van der Waals surface area (Å²) in [5.41, 5.74) is 0.572. The molecule has 0 aliphatic heterocycles. The molecule has 0 aliphatic carbocycles. The van der Waals surface area contributed by atoms with Crippen LogP contribution in [-0.4, -0.2) is 18.6 Å². The van der Waals surface area contributed by atoms with Gasteiger partial charge in [0.1, 0.15) is 11.6 Å². The predicted molar refractivity (Wildman–Crippen MR) is 74.4 cm³/mol. The highest BCUT2D eigenvalue weighted by Gasteiger charge is 2.09. The molecule has 2 nitrogen and oxygen atoms in total.